The van der Waals surface area contributed by atoms with Crippen molar-refractivity contribution in [2.45, 2.75) is 39.5 Å². The number of nitrogens with zero attached hydrogens (tertiary/aromatic N) is 3. The summed E-state index contributed by atoms with van der Waals surface area (Å²) in [7, 11) is 0. The normalized spacial score (nSPS) is 11.6. The van der Waals surface area contributed by atoms with Gasteiger partial charge in [0, 0.05) is 55.7 Å². The van der Waals surface area contributed by atoms with E-state index >= 15 is 0 Å². The molecule has 0 saturated heterocycles. The molecule has 3 heterocycles. The van der Waals surface area contributed by atoms with Gasteiger partial charge in [0.1, 0.15) is 0 Å². The molecule has 4 aromatic carbocycles. The molecule has 0 amide bonds. The quantitative estimate of drug-likeness (QED) is 0.160. The van der Waals surface area contributed by atoms with Crippen LogP contribution in [0, 0.1) is 6.26 Å². The molecule has 7 rings (SSSR count). The fraction of sp³-hybridized carbons (Fsp3) is 0.162. The first-order chi connectivity index (χ1) is 20.0. The molecule has 7 aromatic rings. The molecule has 0 atom stereocenters. The SMILES string of the molecule is CC(C)c1cc(-c2ccccc2)cc(C(C)C)c1-n1c(-c2[c-]oc3ccc(-n4cccc4)cc23)nc2ccccc21.[Ir]. The fourth-order valence-electron chi connectivity index (χ4n) is 5.83. The van der Waals surface area contributed by atoms with E-state index in [9.17, 15) is 0 Å². The van der Waals surface area contributed by atoms with Crippen LogP contribution in [0.15, 0.2) is 114 Å². The van der Waals surface area contributed by atoms with Crippen molar-refractivity contribution in [2.75, 3.05) is 0 Å². The van der Waals surface area contributed by atoms with Crippen molar-refractivity contribution in [3.63, 3.8) is 0 Å². The zero-order valence-corrected chi connectivity index (χ0v) is 26.5. The van der Waals surface area contributed by atoms with Crippen LogP contribution in [0.1, 0.15) is 50.7 Å². The van der Waals surface area contributed by atoms with Crippen LogP contribution in [-0.4, -0.2) is 14.1 Å². The summed E-state index contributed by atoms with van der Waals surface area (Å²) in [5, 5.41) is 0.992. The van der Waals surface area contributed by atoms with Crippen LogP contribution in [0.4, 0.5) is 0 Å². The van der Waals surface area contributed by atoms with Crippen molar-refractivity contribution in [1.82, 2.24) is 14.1 Å². The second-order valence-electron chi connectivity index (χ2n) is 11.3. The monoisotopic (exact) mass is 727 g/mol. The molecule has 0 unspecified atom stereocenters. The van der Waals surface area contributed by atoms with Crippen LogP contribution in [-0.2, 0) is 20.1 Å². The van der Waals surface area contributed by atoms with Gasteiger partial charge in [-0.2, -0.15) is 0 Å². The largest absolute Gasteiger partial charge is 0.557 e. The maximum absolute atomic E-state index is 6.01. The van der Waals surface area contributed by atoms with Gasteiger partial charge in [0.25, 0.3) is 0 Å². The summed E-state index contributed by atoms with van der Waals surface area (Å²) in [4.78, 5) is 5.22. The molecule has 1 radical (unpaired) electrons. The fourth-order valence-corrected chi connectivity index (χ4v) is 5.83. The van der Waals surface area contributed by atoms with E-state index in [0.717, 1.165) is 39.1 Å². The van der Waals surface area contributed by atoms with Gasteiger partial charge in [-0.05, 0) is 76.6 Å². The molecule has 0 aliphatic carbocycles. The van der Waals surface area contributed by atoms with Gasteiger partial charge >= 0.3 is 0 Å². The Morgan fingerprint density at radius 3 is 2.07 bits per heavy atom. The summed E-state index contributed by atoms with van der Waals surface area (Å²) in [6, 6.07) is 34.1. The third-order valence-electron chi connectivity index (χ3n) is 7.93. The topological polar surface area (TPSA) is 35.9 Å². The third kappa shape index (κ3) is 4.73. The number of aromatic nitrogens is 3. The molecule has 4 nitrogen and oxygen atoms in total. The minimum Gasteiger partial charge on any atom is -0.557 e. The molecular weight excluding hydrogens is 695 g/mol. The van der Waals surface area contributed by atoms with Gasteiger partial charge < -0.3 is 13.6 Å². The Balaban J connectivity index is 0.00000316. The van der Waals surface area contributed by atoms with Crippen molar-refractivity contribution in [3.8, 4) is 33.9 Å². The molecule has 0 aliphatic heterocycles. The van der Waals surface area contributed by atoms with Crippen LogP contribution in [0.3, 0.4) is 0 Å². The smallest absolute Gasteiger partial charge is 0.0774 e. The predicted octanol–water partition coefficient (Wildman–Crippen LogP) is 9.94. The summed E-state index contributed by atoms with van der Waals surface area (Å²) in [5.74, 6) is 1.43. The first-order valence-electron chi connectivity index (χ1n) is 14.3. The van der Waals surface area contributed by atoms with Gasteiger partial charge in [-0.25, -0.2) is 0 Å². The predicted molar refractivity (Wildman–Crippen MR) is 168 cm³/mol. The van der Waals surface area contributed by atoms with E-state index in [4.69, 9.17) is 9.40 Å². The van der Waals surface area contributed by atoms with Crippen LogP contribution < -0.4 is 0 Å². The second kappa shape index (κ2) is 11.2. The number of fused-ring (bicyclic) bond motifs is 2. The van der Waals surface area contributed by atoms with Crippen LogP contribution >= 0.6 is 0 Å². The maximum Gasteiger partial charge on any atom is 0.0774 e. The molecule has 0 fully saturated rings. The zero-order valence-electron chi connectivity index (χ0n) is 24.1. The molecule has 0 N–H and O–H groups in total. The number of benzene rings is 4. The molecule has 211 valence electrons. The summed E-state index contributed by atoms with van der Waals surface area (Å²) in [6.07, 6.45) is 7.35. The minimum absolute atomic E-state index is 0. The molecule has 3 aromatic heterocycles. The van der Waals surface area contributed by atoms with Gasteiger partial charge in [-0.1, -0.05) is 93.2 Å². The zero-order chi connectivity index (χ0) is 28.1. The second-order valence-corrected chi connectivity index (χ2v) is 11.3. The Hall–Kier alpha value is -4.18. The summed E-state index contributed by atoms with van der Waals surface area (Å²) in [5.41, 5.74) is 11.0. The Kier molecular flexibility index (Phi) is 7.49. The number of furan rings is 1. The van der Waals surface area contributed by atoms with E-state index in [2.05, 4.69) is 134 Å². The minimum atomic E-state index is 0. The van der Waals surface area contributed by atoms with Crippen LogP contribution in [0.2, 0.25) is 0 Å². The average molecular weight is 727 g/mol. The average Bonchev–Trinajstić information content (AvgIpc) is 3.75. The molecule has 0 spiro atoms. The van der Waals surface area contributed by atoms with Gasteiger partial charge in [0.2, 0.25) is 0 Å². The Morgan fingerprint density at radius 1 is 0.714 bits per heavy atom. The number of para-hydroxylation sites is 2. The van der Waals surface area contributed by atoms with Gasteiger partial charge in [0.05, 0.1) is 16.9 Å². The number of imidazole rings is 1. The Morgan fingerprint density at radius 2 is 1.38 bits per heavy atom. The van der Waals surface area contributed by atoms with Crippen LogP contribution in [0.25, 0.3) is 55.9 Å². The van der Waals surface area contributed by atoms with E-state index in [0.29, 0.717) is 11.8 Å². The first-order valence-corrected chi connectivity index (χ1v) is 14.3. The van der Waals surface area contributed by atoms with Gasteiger partial charge in [-0.15, -0.1) is 0 Å². The third-order valence-corrected chi connectivity index (χ3v) is 7.93. The number of hydrogen-bond acceptors (Lipinski definition) is 2. The van der Waals surface area contributed by atoms with E-state index in [1.54, 1.807) is 0 Å². The standard InChI is InChI=1S/C37H32N3O.Ir/c1-24(2)29-20-27(26-12-6-5-7-13-26)21-30(25(3)4)36(29)40-34-15-9-8-14-33(34)38-37(40)32-23-41-35-17-16-28(22-31(32)35)39-18-10-11-19-39;/h5-22,24-25H,1-4H3;/q-1;. The summed E-state index contributed by atoms with van der Waals surface area (Å²) in [6.45, 7) is 9.11. The summed E-state index contributed by atoms with van der Waals surface area (Å²) >= 11 is 0. The molecule has 0 aliphatic rings. The Labute approximate surface area is 260 Å². The van der Waals surface area contributed by atoms with Crippen molar-refractivity contribution in [1.29, 1.82) is 0 Å². The van der Waals surface area contributed by atoms with E-state index in [1.165, 1.54) is 27.9 Å². The first kappa shape index (κ1) is 28.0. The van der Waals surface area contributed by atoms with Crippen molar-refractivity contribution >= 4 is 22.0 Å². The number of rotatable bonds is 6. The summed E-state index contributed by atoms with van der Waals surface area (Å²) < 4.78 is 10.5. The molecule has 0 bridgehead atoms. The molecule has 5 heteroatoms. The van der Waals surface area contributed by atoms with E-state index < -0.39 is 0 Å². The van der Waals surface area contributed by atoms with E-state index in [1.807, 2.05) is 18.2 Å². The Bertz CT molecular complexity index is 1970. The maximum atomic E-state index is 6.01. The molecule has 0 saturated carbocycles. The van der Waals surface area contributed by atoms with Gasteiger partial charge in [0.15, 0.2) is 0 Å². The molecule has 42 heavy (non-hydrogen) atoms. The van der Waals surface area contributed by atoms with Crippen molar-refractivity contribution in [2.24, 2.45) is 0 Å². The van der Waals surface area contributed by atoms with Crippen LogP contribution in [0.5, 0.6) is 0 Å². The van der Waals surface area contributed by atoms with Crippen molar-refractivity contribution < 1.29 is 24.5 Å². The van der Waals surface area contributed by atoms with E-state index in [-0.39, 0.29) is 20.1 Å². The molecular formula is C37H32IrN3O-. The number of hydrogen-bond donors (Lipinski definition) is 0. The van der Waals surface area contributed by atoms with Gasteiger partial charge in [-0.3, -0.25) is 4.98 Å². The van der Waals surface area contributed by atoms with Crippen molar-refractivity contribution in [3.05, 3.63) is 127 Å².